The van der Waals surface area contributed by atoms with Crippen molar-refractivity contribution in [2.24, 2.45) is 0 Å². The van der Waals surface area contributed by atoms with Crippen molar-refractivity contribution in [3.63, 3.8) is 0 Å². The third-order valence-corrected chi connectivity index (χ3v) is 22.9. The lowest BCUT2D eigenvalue weighted by Gasteiger charge is -2.28. The normalized spacial score (nSPS) is 19.8. The van der Waals surface area contributed by atoms with Crippen molar-refractivity contribution in [1.29, 1.82) is 0 Å². The highest BCUT2D eigenvalue weighted by atomic mass is 33.7. The van der Waals surface area contributed by atoms with Crippen LogP contribution in [0.25, 0.3) is 0 Å². The number of hydrogen-bond donors (Lipinski definition) is 0. The lowest BCUT2D eigenvalue weighted by molar-refractivity contribution is -0.0956. The van der Waals surface area contributed by atoms with E-state index in [4.69, 9.17) is 18.9 Å². The Kier molecular flexibility index (Phi) is 43.4. The van der Waals surface area contributed by atoms with Gasteiger partial charge in [-0.2, -0.15) is 0 Å². The molecule has 2 saturated heterocycles. The SMILES string of the molecule is CCCCCCCCCCCCCOCOC1CCC[SiH2]N(CCCSSSSCCCN2CCC(OCOCCCCCCCCCCCCC)CCC[SiH2]2)CC1. The van der Waals surface area contributed by atoms with Gasteiger partial charge in [-0.25, -0.2) is 0 Å². The predicted octanol–water partition coefficient (Wildman–Crippen LogP) is 13.8. The van der Waals surface area contributed by atoms with Crippen LogP contribution in [0.4, 0.5) is 0 Å². The predicted molar refractivity (Wildman–Crippen MR) is 271 cm³/mol. The summed E-state index contributed by atoms with van der Waals surface area (Å²) < 4.78 is 29.8. The summed E-state index contributed by atoms with van der Waals surface area (Å²) in [6.07, 6.45) is 41.3. The monoisotopic (exact) mass is 925 g/mol. The first-order valence-corrected chi connectivity index (χ1v) is 33.6. The van der Waals surface area contributed by atoms with Gasteiger partial charge in [-0.1, -0.05) is 177 Å². The molecule has 0 aromatic heterocycles. The van der Waals surface area contributed by atoms with E-state index in [-0.39, 0.29) is 19.4 Å². The highest BCUT2D eigenvalue weighted by Crippen LogP contribution is 2.43. The van der Waals surface area contributed by atoms with E-state index in [1.165, 1.54) is 242 Å². The van der Waals surface area contributed by atoms with Crippen molar-refractivity contribution in [3.05, 3.63) is 0 Å². The fourth-order valence-electron chi connectivity index (χ4n) is 8.31. The Balaban J connectivity index is 1.33. The molecule has 0 saturated carbocycles. The molecule has 346 valence electrons. The molecular weight excluding hydrogens is 829 g/mol. The molecule has 2 rings (SSSR count). The Morgan fingerprint density at radius 3 is 1.19 bits per heavy atom. The Hall–Kier alpha value is 1.59. The number of unbranched alkanes of at least 4 members (excludes halogenated alkanes) is 20. The van der Waals surface area contributed by atoms with Crippen LogP contribution in [0.1, 0.15) is 206 Å². The smallest absolute Gasteiger partial charge is 0.147 e. The molecule has 0 aromatic rings. The number of ether oxygens (including phenoxy) is 4. The molecule has 2 aliphatic rings. The van der Waals surface area contributed by atoms with Gasteiger partial charge in [0.1, 0.15) is 13.6 Å². The summed E-state index contributed by atoms with van der Waals surface area (Å²) in [5.74, 6) is 2.53. The maximum atomic E-state index is 6.20. The maximum Gasteiger partial charge on any atom is 0.147 e. The van der Waals surface area contributed by atoms with Gasteiger partial charge in [0.25, 0.3) is 0 Å². The summed E-state index contributed by atoms with van der Waals surface area (Å²) in [7, 11) is 7.98. The Labute approximate surface area is 381 Å². The summed E-state index contributed by atoms with van der Waals surface area (Å²) in [4.78, 5) is 0. The minimum absolute atomic E-state index is 0.0791. The minimum Gasteiger partial charge on any atom is -0.355 e. The molecule has 6 nitrogen and oxygen atoms in total. The van der Waals surface area contributed by atoms with Crippen molar-refractivity contribution >= 4 is 60.6 Å². The second kappa shape index (κ2) is 45.2. The largest absolute Gasteiger partial charge is 0.355 e. The van der Waals surface area contributed by atoms with Crippen molar-refractivity contribution < 1.29 is 18.9 Å². The minimum atomic E-state index is -0.0791. The molecule has 2 unspecified atom stereocenters. The molecule has 2 aliphatic heterocycles. The standard InChI is InChI=1S/C46H96N2O4S4Si2/c1-3-5-7-9-11-13-15-17-19-21-23-37-49-43-51-45-29-25-41-57-47(35-31-45)33-27-39-53-55-56-54-40-28-34-48-36-32-46(30-26-42-58-48)52-44-50-38-24-22-20-18-16-14-12-10-8-6-4-2/h45-46H,3-44,57-58H2,1-2H3. The highest BCUT2D eigenvalue weighted by molar-refractivity contribution is 9.26. The third kappa shape index (κ3) is 37.0. The molecule has 0 spiro atoms. The van der Waals surface area contributed by atoms with Gasteiger partial charge in [0.05, 0.1) is 31.6 Å². The zero-order chi connectivity index (χ0) is 41.1. The van der Waals surface area contributed by atoms with Crippen LogP contribution in [-0.2, 0) is 18.9 Å². The van der Waals surface area contributed by atoms with Gasteiger partial charge in [-0.15, -0.1) is 0 Å². The van der Waals surface area contributed by atoms with E-state index in [1.54, 1.807) is 0 Å². The first kappa shape index (κ1) is 55.7. The number of nitrogens with zero attached hydrogens (tertiary/aromatic N) is 2. The molecule has 0 aromatic carbocycles. The van der Waals surface area contributed by atoms with Gasteiger partial charge in [0.15, 0.2) is 0 Å². The molecule has 2 fully saturated rings. The second-order valence-corrected chi connectivity index (χ2v) is 27.8. The summed E-state index contributed by atoms with van der Waals surface area (Å²) in [6, 6.07) is 2.88. The van der Waals surface area contributed by atoms with Gasteiger partial charge in [0, 0.05) is 24.7 Å². The Morgan fingerprint density at radius 2 is 0.810 bits per heavy atom. The highest BCUT2D eigenvalue weighted by Gasteiger charge is 2.17. The van der Waals surface area contributed by atoms with Crippen LogP contribution in [0.3, 0.4) is 0 Å². The van der Waals surface area contributed by atoms with Gasteiger partial charge in [-0.05, 0) is 109 Å². The maximum absolute atomic E-state index is 6.20. The Morgan fingerprint density at radius 1 is 0.448 bits per heavy atom. The van der Waals surface area contributed by atoms with E-state index in [0.29, 0.717) is 25.8 Å². The molecular formula is C46H96N2O4S4Si2. The quantitative estimate of drug-likeness (QED) is 0.0256. The molecule has 0 aliphatic carbocycles. The van der Waals surface area contributed by atoms with Crippen LogP contribution in [-0.4, -0.2) is 105 Å². The van der Waals surface area contributed by atoms with Crippen LogP contribution < -0.4 is 0 Å². The first-order chi connectivity index (χ1) is 28.8. The van der Waals surface area contributed by atoms with Crippen molar-refractivity contribution in [1.82, 2.24) is 9.13 Å². The molecule has 2 heterocycles. The molecule has 0 radical (unpaired) electrons. The fraction of sp³-hybridized carbons (Fsp3) is 1.00. The van der Waals surface area contributed by atoms with Crippen molar-refractivity contribution in [2.75, 3.05) is 64.5 Å². The zero-order valence-corrected chi connectivity index (χ0v) is 44.5. The van der Waals surface area contributed by atoms with E-state index in [1.807, 2.05) is 19.7 Å². The van der Waals surface area contributed by atoms with Crippen LogP contribution in [0.5, 0.6) is 0 Å². The first-order valence-electron chi connectivity index (χ1n) is 25.2. The molecule has 58 heavy (non-hydrogen) atoms. The van der Waals surface area contributed by atoms with E-state index < -0.39 is 0 Å². The van der Waals surface area contributed by atoms with Crippen molar-refractivity contribution in [3.8, 4) is 0 Å². The van der Waals surface area contributed by atoms with Crippen LogP contribution in [0, 0.1) is 0 Å². The molecule has 2 atom stereocenters. The lowest BCUT2D eigenvalue weighted by atomic mass is 10.1. The van der Waals surface area contributed by atoms with E-state index in [9.17, 15) is 0 Å². The molecule has 0 N–H and O–H groups in total. The fourth-order valence-corrected chi connectivity index (χ4v) is 18.0. The van der Waals surface area contributed by atoms with Crippen LogP contribution >= 0.6 is 41.2 Å². The van der Waals surface area contributed by atoms with Crippen molar-refractivity contribution in [2.45, 2.75) is 231 Å². The van der Waals surface area contributed by atoms with Crippen LogP contribution in [0.15, 0.2) is 0 Å². The summed E-state index contributed by atoms with van der Waals surface area (Å²) in [6.45, 7) is 12.4. The van der Waals surface area contributed by atoms with Gasteiger partial charge < -0.3 is 28.1 Å². The summed E-state index contributed by atoms with van der Waals surface area (Å²) in [5.41, 5.74) is 0. The molecule has 0 amide bonds. The van der Waals surface area contributed by atoms with E-state index in [0.717, 1.165) is 13.2 Å². The van der Waals surface area contributed by atoms with Crippen LogP contribution in [0.2, 0.25) is 12.1 Å². The second-order valence-electron chi connectivity index (χ2n) is 17.4. The van der Waals surface area contributed by atoms with E-state index >= 15 is 0 Å². The Bertz CT molecular complexity index is 770. The van der Waals surface area contributed by atoms with Gasteiger partial charge in [0.2, 0.25) is 0 Å². The third-order valence-electron chi connectivity index (χ3n) is 12.1. The number of rotatable bonds is 41. The average Bonchev–Trinajstić information content (AvgIpc) is 3.21. The topological polar surface area (TPSA) is 43.4 Å². The average molecular weight is 926 g/mol. The molecule has 12 heteroatoms. The van der Waals surface area contributed by atoms with Gasteiger partial charge in [-0.3, -0.25) is 0 Å². The summed E-state index contributed by atoms with van der Waals surface area (Å²) >= 11 is 0. The summed E-state index contributed by atoms with van der Waals surface area (Å²) in [5, 5.41) is 0. The molecule has 0 bridgehead atoms. The van der Waals surface area contributed by atoms with Gasteiger partial charge >= 0.3 is 0 Å². The zero-order valence-electron chi connectivity index (χ0n) is 38.4. The number of hydrogen-bond acceptors (Lipinski definition) is 10. The lowest BCUT2D eigenvalue weighted by Crippen LogP contribution is -2.34. The van der Waals surface area contributed by atoms with E-state index in [2.05, 4.69) is 44.6 Å².